The molecule has 1 saturated carbocycles. The summed E-state index contributed by atoms with van der Waals surface area (Å²) < 4.78 is 0. The standard InChI is InChI=1S/C21H30N4O3/c22-19(23)16-10-8-14(9-11-16)13-24-20(27)17-7-4-12-25(17)21(28)18(26)15-5-2-1-3-6-15/h8-11,15,17-18,26H,1-7,12-13H2,(H3,22,23)(H,24,27)/t17-,18?/m1/s1. The zero-order chi connectivity index (χ0) is 20.1. The van der Waals surface area contributed by atoms with Gasteiger partial charge < -0.3 is 21.1 Å². The molecule has 1 aliphatic heterocycles. The Balaban J connectivity index is 1.56. The third-order valence-corrected chi connectivity index (χ3v) is 5.92. The van der Waals surface area contributed by atoms with E-state index in [2.05, 4.69) is 5.32 Å². The van der Waals surface area contributed by atoms with Crippen molar-refractivity contribution in [2.75, 3.05) is 6.54 Å². The number of hydrogen-bond acceptors (Lipinski definition) is 4. The molecule has 1 aromatic rings. The van der Waals surface area contributed by atoms with Gasteiger partial charge in [-0.15, -0.1) is 0 Å². The zero-order valence-electron chi connectivity index (χ0n) is 16.2. The molecule has 5 N–H and O–H groups in total. The van der Waals surface area contributed by atoms with Crippen molar-refractivity contribution < 1.29 is 14.7 Å². The highest BCUT2D eigenvalue weighted by Gasteiger charge is 2.39. The quantitative estimate of drug-likeness (QED) is 0.438. The lowest BCUT2D eigenvalue weighted by Crippen LogP contribution is -2.50. The summed E-state index contributed by atoms with van der Waals surface area (Å²) in [4.78, 5) is 27.0. The number of nitrogens with two attached hydrogens (primary N) is 1. The third kappa shape index (κ3) is 4.70. The van der Waals surface area contributed by atoms with E-state index < -0.39 is 12.1 Å². The number of nitrogens with zero attached hydrogens (tertiary/aromatic N) is 1. The van der Waals surface area contributed by atoms with Gasteiger partial charge in [0.2, 0.25) is 5.91 Å². The molecule has 3 rings (SSSR count). The molecule has 2 aliphatic rings. The summed E-state index contributed by atoms with van der Waals surface area (Å²) >= 11 is 0. The molecule has 2 atom stereocenters. The van der Waals surface area contributed by atoms with Crippen LogP contribution in [0.5, 0.6) is 0 Å². The van der Waals surface area contributed by atoms with E-state index in [9.17, 15) is 14.7 Å². The summed E-state index contributed by atoms with van der Waals surface area (Å²) in [7, 11) is 0. The Bertz CT molecular complexity index is 713. The molecule has 152 valence electrons. The van der Waals surface area contributed by atoms with Gasteiger partial charge in [-0.1, -0.05) is 43.5 Å². The molecule has 0 bridgehead atoms. The average molecular weight is 386 g/mol. The number of nitrogen functional groups attached to an aromatic ring is 1. The van der Waals surface area contributed by atoms with Crippen LogP contribution in [0.4, 0.5) is 0 Å². The molecule has 7 nitrogen and oxygen atoms in total. The number of hydrogen-bond donors (Lipinski definition) is 4. The van der Waals surface area contributed by atoms with Crippen molar-refractivity contribution in [3.63, 3.8) is 0 Å². The van der Waals surface area contributed by atoms with Crippen molar-refractivity contribution in [1.29, 1.82) is 5.41 Å². The number of rotatable bonds is 6. The third-order valence-electron chi connectivity index (χ3n) is 5.92. The van der Waals surface area contributed by atoms with Crippen molar-refractivity contribution in [3.8, 4) is 0 Å². The SMILES string of the molecule is N=C(N)c1ccc(CNC(=O)[C@H]2CCCN2C(=O)C(O)C2CCCCC2)cc1. The number of likely N-dealkylation sites (tertiary alicyclic amines) is 1. The van der Waals surface area contributed by atoms with Crippen LogP contribution in [0.1, 0.15) is 56.1 Å². The minimum Gasteiger partial charge on any atom is -0.384 e. The minimum atomic E-state index is -0.993. The Kier molecular flexibility index (Phi) is 6.67. The lowest BCUT2D eigenvalue weighted by molar-refractivity contribution is -0.148. The summed E-state index contributed by atoms with van der Waals surface area (Å²) in [5.74, 6) is -0.453. The van der Waals surface area contributed by atoms with Crippen LogP contribution in [0.25, 0.3) is 0 Å². The maximum atomic E-state index is 12.8. The largest absolute Gasteiger partial charge is 0.384 e. The summed E-state index contributed by atoms with van der Waals surface area (Å²) in [6, 6.07) is 6.62. The van der Waals surface area contributed by atoms with Gasteiger partial charge >= 0.3 is 0 Å². The first-order chi connectivity index (χ1) is 13.5. The minimum absolute atomic E-state index is 0.00668. The fourth-order valence-electron chi connectivity index (χ4n) is 4.23. The predicted molar refractivity (Wildman–Crippen MR) is 107 cm³/mol. The number of amides is 2. The van der Waals surface area contributed by atoms with Gasteiger partial charge in [-0.2, -0.15) is 0 Å². The molecular formula is C21H30N4O3. The first-order valence-electron chi connectivity index (χ1n) is 10.2. The van der Waals surface area contributed by atoms with Crippen molar-refractivity contribution in [2.24, 2.45) is 11.7 Å². The lowest BCUT2D eigenvalue weighted by atomic mass is 9.84. The molecule has 0 aromatic heterocycles. The molecule has 1 unspecified atom stereocenters. The van der Waals surface area contributed by atoms with E-state index in [1.165, 1.54) is 6.42 Å². The Hall–Kier alpha value is -2.41. The van der Waals surface area contributed by atoms with Crippen LogP contribution in [-0.4, -0.2) is 46.3 Å². The topological polar surface area (TPSA) is 120 Å². The maximum absolute atomic E-state index is 12.8. The molecule has 2 amide bonds. The molecule has 1 saturated heterocycles. The maximum Gasteiger partial charge on any atom is 0.252 e. The van der Waals surface area contributed by atoms with Crippen molar-refractivity contribution in [1.82, 2.24) is 10.2 Å². The second-order valence-electron chi connectivity index (χ2n) is 7.86. The Morgan fingerprint density at radius 2 is 1.82 bits per heavy atom. The van der Waals surface area contributed by atoms with Gasteiger partial charge in [0.15, 0.2) is 0 Å². The number of aliphatic hydroxyl groups is 1. The number of carbonyl (C=O) groups is 2. The lowest BCUT2D eigenvalue weighted by Gasteiger charge is -2.31. The van der Waals surface area contributed by atoms with Crippen LogP contribution in [0, 0.1) is 11.3 Å². The molecule has 7 heteroatoms. The predicted octanol–water partition coefficient (Wildman–Crippen LogP) is 1.52. The van der Waals surface area contributed by atoms with E-state index in [0.29, 0.717) is 25.1 Å². The summed E-state index contributed by atoms with van der Waals surface area (Å²) in [5.41, 5.74) is 6.98. The highest BCUT2D eigenvalue weighted by Crippen LogP contribution is 2.29. The number of carbonyl (C=O) groups excluding carboxylic acids is 2. The van der Waals surface area contributed by atoms with Gasteiger partial charge in [-0.05, 0) is 37.2 Å². The van der Waals surface area contributed by atoms with Crippen LogP contribution in [0.3, 0.4) is 0 Å². The Morgan fingerprint density at radius 3 is 2.46 bits per heavy atom. The van der Waals surface area contributed by atoms with E-state index in [4.69, 9.17) is 11.1 Å². The molecular weight excluding hydrogens is 356 g/mol. The number of nitrogens with one attached hydrogen (secondary N) is 2. The smallest absolute Gasteiger partial charge is 0.252 e. The second-order valence-corrected chi connectivity index (χ2v) is 7.86. The van der Waals surface area contributed by atoms with Crippen LogP contribution in [0.2, 0.25) is 0 Å². The number of benzene rings is 1. The van der Waals surface area contributed by atoms with Gasteiger partial charge in [0.25, 0.3) is 5.91 Å². The van der Waals surface area contributed by atoms with Gasteiger partial charge in [0.1, 0.15) is 18.0 Å². The molecule has 28 heavy (non-hydrogen) atoms. The van der Waals surface area contributed by atoms with Gasteiger partial charge in [-0.25, -0.2) is 0 Å². The normalized spacial score (nSPS) is 21.3. The van der Waals surface area contributed by atoms with Crippen LogP contribution in [0.15, 0.2) is 24.3 Å². The van der Waals surface area contributed by atoms with E-state index in [0.717, 1.165) is 37.7 Å². The Morgan fingerprint density at radius 1 is 1.14 bits per heavy atom. The van der Waals surface area contributed by atoms with Crippen molar-refractivity contribution >= 4 is 17.6 Å². The first kappa shape index (κ1) is 20.3. The summed E-state index contributed by atoms with van der Waals surface area (Å²) in [6.45, 7) is 0.870. The molecule has 1 aromatic carbocycles. The Labute approximate surface area is 165 Å². The molecule has 0 radical (unpaired) electrons. The molecule has 1 heterocycles. The van der Waals surface area contributed by atoms with E-state index in [1.54, 1.807) is 17.0 Å². The molecule has 2 fully saturated rings. The summed E-state index contributed by atoms with van der Waals surface area (Å²) in [5, 5.41) is 20.8. The average Bonchev–Trinajstić information content (AvgIpc) is 3.22. The van der Waals surface area contributed by atoms with Crippen molar-refractivity contribution in [3.05, 3.63) is 35.4 Å². The van der Waals surface area contributed by atoms with E-state index >= 15 is 0 Å². The highest BCUT2D eigenvalue weighted by atomic mass is 16.3. The zero-order valence-corrected chi connectivity index (χ0v) is 16.2. The van der Waals surface area contributed by atoms with Crippen LogP contribution in [-0.2, 0) is 16.1 Å². The fourth-order valence-corrected chi connectivity index (χ4v) is 4.23. The van der Waals surface area contributed by atoms with E-state index in [-0.39, 0.29) is 23.6 Å². The van der Waals surface area contributed by atoms with Gasteiger partial charge in [-0.3, -0.25) is 15.0 Å². The molecule has 0 spiro atoms. The second kappa shape index (κ2) is 9.19. The first-order valence-corrected chi connectivity index (χ1v) is 10.2. The molecule has 1 aliphatic carbocycles. The monoisotopic (exact) mass is 386 g/mol. The number of amidine groups is 1. The van der Waals surface area contributed by atoms with E-state index in [1.807, 2.05) is 12.1 Å². The highest BCUT2D eigenvalue weighted by molar-refractivity contribution is 5.95. The fraction of sp³-hybridized carbons (Fsp3) is 0.571. The van der Waals surface area contributed by atoms with Crippen LogP contribution < -0.4 is 11.1 Å². The van der Waals surface area contributed by atoms with Gasteiger partial charge in [0.05, 0.1) is 0 Å². The summed E-state index contributed by atoms with van der Waals surface area (Å²) in [6.07, 6.45) is 5.45. The van der Waals surface area contributed by atoms with Crippen LogP contribution >= 0.6 is 0 Å². The van der Waals surface area contributed by atoms with Crippen molar-refractivity contribution in [2.45, 2.75) is 63.6 Å². The van der Waals surface area contributed by atoms with Gasteiger partial charge in [0, 0.05) is 18.7 Å². The number of aliphatic hydroxyl groups excluding tert-OH is 1.